The molecule has 1 aromatic carbocycles. The number of nitrogens with one attached hydrogen (secondary N) is 1. The number of sulfonamides is 1. The molecule has 0 saturated carbocycles. The highest BCUT2D eigenvalue weighted by molar-refractivity contribution is 8.06. The number of thioether (sulfide) groups is 1. The van der Waals surface area contributed by atoms with E-state index in [1.54, 1.807) is 12.1 Å². The molecule has 0 aliphatic carbocycles. The number of allylic oxidation sites excluding steroid dienone is 1. The molecule has 1 aromatic rings. The van der Waals surface area contributed by atoms with E-state index in [-0.39, 0.29) is 16.1 Å². The zero-order valence-electron chi connectivity index (χ0n) is 11.4. The number of benzene rings is 1. The third-order valence-electron chi connectivity index (χ3n) is 3.08. The summed E-state index contributed by atoms with van der Waals surface area (Å²) in [6.07, 6.45) is 1.03. The number of hydrogen-bond acceptors (Lipinski definition) is 4. The Bertz CT molecular complexity index is 689. The van der Waals surface area contributed by atoms with E-state index in [0.717, 1.165) is 5.56 Å². The Hall–Kier alpha value is -0.730. The third kappa shape index (κ3) is 4.63. The first-order valence-corrected chi connectivity index (χ1v) is 9.56. The molecule has 5 nitrogen and oxygen atoms in total. The third-order valence-corrected chi connectivity index (χ3v) is 6.18. The molecule has 9 heteroatoms. The monoisotopic (exact) mass is 380 g/mol. The van der Waals surface area contributed by atoms with Crippen LogP contribution in [0.25, 0.3) is 0 Å². The van der Waals surface area contributed by atoms with Crippen molar-refractivity contribution in [2.75, 3.05) is 6.54 Å². The predicted molar refractivity (Wildman–Crippen MR) is 89.3 cm³/mol. The van der Waals surface area contributed by atoms with Crippen LogP contribution in [0.2, 0.25) is 0 Å². The van der Waals surface area contributed by atoms with E-state index in [2.05, 4.69) is 5.32 Å². The molecular weight excluding hydrogens is 367 g/mol. The Morgan fingerprint density at radius 3 is 2.45 bits per heavy atom. The molecule has 120 valence electrons. The first kappa shape index (κ1) is 17.6. The lowest BCUT2D eigenvalue weighted by atomic mass is 10.1. The molecule has 1 heterocycles. The Kier molecular flexibility index (Phi) is 5.79. The Balaban J connectivity index is 1.81. The molecular formula is C13H14Cl2N2O3S2. The number of hydrogen-bond donors (Lipinski definition) is 2. The van der Waals surface area contributed by atoms with Gasteiger partial charge in [0.15, 0.2) is 0 Å². The van der Waals surface area contributed by atoms with Crippen LogP contribution >= 0.6 is 35.0 Å². The zero-order chi connectivity index (χ0) is 16.3. The van der Waals surface area contributed by atoms with Gasteiger partial charge >= 0.3 is 0 Å². The van der Waals surface area contributed by atoms with Gasteiger partial charge in [0.25, 0.3) is 0 Å². The van der Waals surface area contributed by atoms with Crippen molar-refractivity contribution in [2.45, 2.75) is 23.0 Å². The second-order valence-corrected chi connectivity index (χ2v) is 8.55. The molecule has 1 amide bonds. The van der Waals surface area contributed by atoms with Gasteiger partial charge in [-0.2, -0.15) is 0 Å². The molecule has 0 fully saturated rings. The average Bonchev–Trinajstić information content (AvgIpc) is 2.78. The summed E-state index contributed by atoms with van der Waals surface area (Å²) in [5, 5.41) is 8.07. The summed E-state index contributed by atoms with van der Waals surface area (Å²) in [5.74, 6) is -0.111. The van der Waals surface area contributed by atoms with Gasteiger partial charge in [-0.25, -0.2) is 13.6 Å². The van der Waals surface area contributed by atoms with E-state index < -0.39 is 10.0 Å². The second-order valence-electron chi connectivity index (χ2n) is 4.72. The lowest BCUT2D eigenvalue weighted by Gasteiger charge is -2.10. The Morgan fingerprint density at radius 2 is 1.95 bits per heavy atom. The molecule has 1 aliphatic rings. The van der Waals surface area contributed by atoms with Crippen molar-refractivity contribution in [3.05, 3.63) is 39.2 Å². The SMILES string of the molecule is NS(=O)(=O)c1ccc(CCNC(=O)C2CC(Cl)=C(Cl)S2)cc1. The number of carbonyl (C=O) groups is 1. The topological polar surface area (TPSA) is 89.3 Å². The van der Waals surface area contributed by atoms with Gasteiger partial charge in [0, 0.05) is 18.0 Å². The standard InChI is InChI=1S/C13H14Cl2N2O3S2/c14-10-7-11(21-12(10)15)13(18)17-6-5-8-1-3-9(4-2-8)22(16,19)20/h1-4,11H,5-7H2,(H,17,18)(H2,16,19,20). The van der Waals surface area contributed by atoms with Gasteiger partial charge in [-0.05, 0) is 24.1 Å². The van der Waals surface area contributed by atoms with Crippen LogP contribution in [0.5, 0.6) is 0 Å². The highest BCUT2D eigenvalue weighted by Gasteiger charge is 2.28. The van der Waals surface area contributed by atoms with Gasteiger partial charge in [-0.1, -0.05) is 47.1 Å². The lowest BCUT2D eigenvalue weighted by molar-refractivity contribution is -0.120. The van der Waals surface area contributed by atoms with E-state index in [4.69, 9.17) is 28.3 Å². The van der Waals surface area contributed by atoms with Gasteiger partial charge in [0.05, 0.1) is 14.5 Å². The molecule has 0 radical (unpaired) electrons. The van der Waals surface area contributed by atoms with E-state index in [9.17, 15) is 13.2 Å². The Labute approximate surface area is 143 Å². The minimum Gasteiger partial charge on any atom is -0.355 e. The first-order valence-electron chi connectivity index (χ1n) is 6.37. The highest BCUT2D eigenvalue weighted by Crippen LogP contribution is 2.41. The van der Waals surface area contributed by atoms with Crippen molar-refractivity contribution >= 4 is 50.9 Å². The minimum absolute atomic E-state index is 0.0676. The quantitative estimate of drug-likeness (QED) is 0.818. The molecule has 3 N–H and O–H groups in total. The number of amides is 1. The number of halogens is 2. The Morgan fingerprint density at radius 1 is 1.32 bits per heavy atom. The van der Waals surface area contributed by atoms with Crippen molar-refractivity contribution in [2.24, 2.45) is 5.14 Å². The molecule has 1 atom stereocenters. The molecule has 0 bridgehead atoms. The number of primary sulfonamides is 1. The molecule has 2 rings (SSSR count). The molecule has 22 heavy (non-hydrogen) atoms. The summed E-state index contributed by atoms with van der Waals surface area (Å²) in [5.41, 5.74) is 0.904. The van der Waals surface area contributed by atoms with Crippen LogP contribution in [0.3, 0.4) is 0 Å². The lowest BCUT2D eigenvalue weighted by Crippen LogP contribution is -2.33. The van der Waals surface area contributed by atoms with Crippen LogP contribution in [0.4, 0.5) is 0 Å². The summed E-state index contributed by atoms with van der Waals surface area (Å²) in [6, 6.07) is 6.24. The van der Waals surface area contributed by atoms with Gasteiger partial charge in [-0.3, -0.25) is 4.79 Å². The molecule has 1 aliphatic heterocycles. The normalized spacial score (nSPS) is 18.6. The van der Waals surface area contributed by atoms with Crippen LogP contribution < -0.4 is 10.5 Å². The first-order chi connectivity index (χ1) is 10.3. The summed E-state index contributed by atoms with van der Waals surface area (Å²) >= 11 is 13.0. The summed E-state index contributed by atoms with van der Waals surface area (Å²) in [4.78, 5) is 12.0. The van der Waals surface area contributed by atoms with Crippen LogP contribution in [0.1, 0.15) is 12.0 Å². The van der Waals surface area contributed by atoms with Crippen molar-refractivity contribution in [1.29, 1.82) is 0 Å². The van der Waals surface area contributed by atoms with E-state index >= 15 is 0 Å². The number of nitrogens with two attached hydrogens (primary N) is 1. The van der Waals surface area contributed by atoms with Gasteiger partial charge in [0.2, 0.25) is 15.9 Å². The van der Waals surface area contributed by atoms with Gasteiger partial charge < -0.3 is 5.32 Å². The fourth-order valence-electron chi connectivity index (χ4n) is 1.91. The van der Waals surface area contributed by atoms with Crippen molar-refractivity contribution in [1.82, 2.24) is 5.32 Å². The van der Waals surface area contributed by atoms with Gasteiger partial charge in [0.1, 0.15) is 0 Å². The minimum atomic E-state index is -3.68. The van der Waals surface area contributed by atoms with Crippen LogP contribution in [0.15, 0.2) is 38.6 Å². The fraction of sp³-hybridized carbons (Fsp3) is 0.308. The average molecular weight is 381 g/mol. The summed E-state index contributed by atoms with van der Waals surface area (Å²) in [6.45, 7) is 0.444. The van der Waals surface area contributed by atoms with Crippen LogP contribution in [-0.4, -0.2) is 26.1 Å². The number of carbonyl (C=O) groups excluding carboxylic acids is 1. The van der Waals surface area contributed by atoms with Crippen molar-refractivity contribution in [3.63, 3.8) is 0 Å². The molecule has 0 spiro atoms. The van der Waals surface area contributed by atoms with Crippen LogP contribution in [-0.2, 0) is 21.2 Å². The maximum Gasteiger partial charge on any atom is 0.238 e. The molecule has 0 saturated heterocycles. The van der Waals surface area contributed by atoms with E-state index in [1.165, 1.54) is 23.9 Å². The van der Waals surface area contributed by atoms with Crippen molar-refractivity contribution in [3.8, 4) is 0 Å². The van der Waals surface area contributed by atoms with E-state index in [0.29, 0.717) is 28.8 Å². The van der Waals surface area contributed by atoms with E-state index in [1.807, 2.05) is 0 Å². The smallest absolute Gasteiger partial charge is 0.238 e. The fourth-order valence-corrected chi connectivity index (χ4v) is 4.11. The second kappa shape index (κ2) is 7.23. The predicted octanol–water partition coefficient (Wildman–Crippen LogP) is 2.14. The molecule has 1 unspecified atom stereocenters. The summed E-state index contributed by atoms with van der Waals surface area (Å²) in [7, 11) is -3.68. The largest absolute Gasteiger partial charge is 0.355 e. The highest BCUT2D eigenvalue weighted by atomic mass is 35.5. The zero-order valence-corrected chi connectivity index (χ0v) is 14.5. The molecule has 0 aromatic heterocycles. The van der Waals surface area contributed by atoms with Crippen molar-refractivity contribution < 1.29 is 13.2 Å². The van der Waals surface area contributed by atoms with Crippen LogP contribution in [0, 0.1) is 0 Å². The van der Waals surface area contributed by atoms with Gasteiger partial charge in [-0.15, -0.1) is 0 Å². The maximum atomic E-state index is 11.9. The summed E-state index contributed by atoms with van der Waals surface area (Å²) < 4.78 is 22.8. The maximum absolute atomic E-state index is 11.9. The number of rotatable bonds is 5.